The third-order valence-corrected chi connectivity index (χ3v) is 1.40. The van der Waals surface area contributed by atoms with Crippen LogP contribution >= 0.6 is 0 Å². The number of carbonyl (C=O) groups is 1. The van der Waals surface area contributed by atoms with Gasteiger partial charge in [-0.25, -0.2) is 9.79 Å². The average molecular weight is 137 g/mol. The van der Waals surface area contributed by atoms with Crippen LogP contribution < -0.4 is 0 Å². The lowest BCUT2D eigenvalue weighted by molar-refractivity contribution is -0.114. The smallest absolute Gasteiger partial charge is 0.235 e. The molecule has 10 heavy (non-hydrogen) atoms. The number of hydrogen-bond donors (Lipinski definition) is 0. The molecule has 0 aromatic heterocycles. The predicted octanol–water partition coefficient (Wildman–Crippen LogP) is 0.611. The van der Waals surface area contributed by atoms with E-state index in [9.17, 15) is 9.59 Å². The first-order valence-electron chi connectivity index (χ1n) is 3.09. The fourth-order valence-electron chi connectivity index (χ4n) is 0.914. The lowest BCUT2D eigenvalue weighted by Crippen LogP contribution is -1.81. The van der Waals surface area contributed by atoms with Crippen LogP contribution in [-0.2, 0) is 9.59 Å². The molecule has 52 valence electrons. The van der Waals surface area contributed by atoms with E-state index in [4.69, 9.17) is 0 Å². The van der Waals surface area contributed by atoms with E-state index >= 15 is 0 Å². The molecule has 0 unspecified atom stereocenters. The molecule has 0 aliphatic heterocycles. The molecule has 3 heteroatoms. The van der Waals surface area contributed by atoms with Gasteiger partial charge in [-0.1, -0.05) is 0 Å². The number of aliphatic imine (C=N–C) groups is 1. The number of carbonyl (C=O) groups excluding carboxylic acids is 2. The normalized spacial score (nSPS) is 16.4. The summed E-state index contributed by atoms with van der Waals surface area (Å²) in [5, 5.41) is 0. The van der Waals surface area contributed by atoms with Crippen LogP contribution in [0.4, 0.5) is 0 Å². The van der Waals surface area contributed by atoms with E-state index in [2.05, 4.69) is 4.99 Å². The molecular weight excluding hydrogens is 130 g/mol. The second-order valence-corrected chi connectivity index (χ2v) is 2.18. The molecular formula is C7H7NO2. The summed E-state index contributed by atoms with van der Waals surface area (Å²) in [4.78, 5) is 23.6. The van der Waals surface area contributed by atoms with Crippen molar-refractivity contribution in [3.8, 4) is 0 Å². The van der Waals surface area contributed by atoms with Crippen molar-refractivity contribution in [1.82, 2.24) is 0 Å². The van der Waals surface area contributed by atoms with Crippen molar-refractivity contribution < 1.29 is 9.59 Å². The Labute approximate surface area is 58.5 Å². The minimum Gasteiger partial charge on any atom is -0.295 e. The van der Waals surface area contributed by atoms with Gasteiger partial charge in [0.15, 0.2) is 5.78 Å². The Balaban J connectivity index is 2.50. The molecule has 0 saturated carbocycles. The Morgan fingerprint density at radius 3 is 2.90 bits per heavy atom. The van der Waals surface area contributed by atoms with Crippen LogP contribution in [0.5, 0.6) is 0 Å². The molecule has 0 aromatic carbocycles. The van der Waals surface area contributed by atoms with Crippen LogP contribution in [-0.4, -0.2) is 18.4 Å². The molecule has 1 aliphatic rings. The maximum absolute atomic E-state index is 10.6. The largest absolute Gasteiger partial charge is 0.295 e. The van der Waals surface area contributed by atoms with Crippen LogP contribution in [0.1, 0.15) is 12.8 Å². The first-order valence-corrected chi connectivity index (χ1v) is 3.09. The molecule has 0 spiro atoms. The average Bonchev–Trinajstić information content (AvgIpc) is 2.31. The summed E-state index contributed by atoms with van der Waals surface area (Å²) in [7, 11) is 0. The summed E-state index contributed by atoms with van der Waals surface area (Å²) >= 11 is 0. The van der Waals surface area contributed by atoms with E-state index in [-0.39, 0.29) is 5.78 Å². The zero-order valence-electron chi connectivity index (χ0n) is 5.46. The van der Waals surface area contributed by atoms with Gasteiger partial charge >= 0.3 is 0 Å². The highest BCUT2D eigenvalue weighted by molar-refractivity contribution is 5.93. The number of ketones is 1. The summed E-state index contributed by atoms with van der Waals surface area (Å²) < 4.78 is 0. The van der Waals surface area contributed by atoms with Gasteiger partial charge in [0, 0.05) is 6.42 Å². The SMILES string of the molecule is O=C=NCC1=CC(=O)CC1. The van der Waals surface area contributed by atoms with Gasteiger partial charge in [-0.3, -0.25) is 4.79 Å². The molecule has 0 heterocycles. The van der Waals surface area contributed by atoms with Crippen molar-refractivity contribution >= 4 is 11.9 Å². The predicted molar refractivity (Wildman–Crippen MR) is 35.3 cm³/mol. The lowest BCUT2D eigenvalue weighted by atomic mass is 10.2. The van der Waals surface area contributed by atoms with Gasteiger partial charge < -0.3 is 0 Å². The van der Waals surface area contributed by atoms with Gasteiger partial charge in [0.25, 0.3) is 0 Å². The zero-order valence-corrected chi connectivity index (χ0v) is 5.46. The maximum atomic E-state index is 10.6. The Kier molecular flexibility index (Phi) is 2.13. The quantitative estimate of drug-likeness (QED) is 0.413. The van der Waals surface area contributed by atoms with E-state index in [1.807, 2.05) is 0 Å². The molecule has 0 fully saturated rings. The van der Waals surface area contributed by atoms with Crippen molar-refractivity contribution in [2.75, 3.05) is 6.54 Å². The Morgan fingerprint density at radius 2 is 2.40 bits per heavy atom. The first-order chi connectivity index (χ1) is 4.83. The van der Waals surface area contributed by atoms with Crippen LogP contribution in [0.25, 0.3) is 0 Å². The van der Waals surface area contributed by atoms with Crippen LogP contribution in [0.3, 0.4) is 0 Å². The van der Waals surface area contributed by atoms with Gasteiger partial charge in [-0.2, -0.15) is 0 Å². The molecule has 0 atom stereocenters. The van der Waals surface area contributed by atoms with E-state index in [0.717, 1.165) is 12.0 Å². The number of isocyanates is 1. The summed E-state index contributed by atoms with van der Waals surface area (Å²) in [6, 6.07) is 0. The highest BCUT2D eigenvalue weighted by Crippen LogP contribution is 2.14. The number of nitrogens with zero attached hydrogens (tertiary/aromatic N) is 1. The molecule has 0 bridgehead atoms. The third-order valence-electron chi connectivity index (χ3n) is 1.40. The number of rotatable bonds is 2. The Hall–Kier alpha value is -1.21. The summed E-state index contributed by atoms with van der Waals surface area (Å²) in [5.74, 6) is 0.135. The minimum atomic E-state index is 0.135. The van der Waals surface area contributed by atoms with Crippen molar-refractivity contribution in [2.24, 2.45) is 4.99 Å². The summed E-state index contributed by atoms with van der Waals surface area (Å²) in [6.07, 6.45) is 4.32. The number of allylic oxidation sites excluding steroid dienone is 1. The number of hydrogen-bond acceptors (Lipinski definition) is 3. The van der Waals surface area contributed by atoms with E-state index in [1.165, 1.54) is 6.08 Å². The van der Waals surface area contributed by atoms with Crippen molar-refractivity contribution in [2.45, 2.75) is 12.8 Å². The molecule has 0 aromatic rings. The highest BCUT2D eigenvalue weighted by Gasteiger charge is 2.10. The summed E-state index contributed by atoms with van der Waals surface area (Å²) in [6.45, 7) is 0.342. The zero-order chi connectivity index (χ0) is 7.40. The molecule has 1 rings (SSSR count). The molecule has 1 aliphatic carbocycles. The second-order valence-electron chi connectivity index (χ2n) is 2.18. The monoisotopic (exact) mass is 137 g/mol. The third kappa shape index (κ3) is 1.64. The van der Waals surface area contributed by atoms with E-state index in [0.29, 0.717) is 13.0 Å². The van der Waals surface area contributed by atoms with E-state index < -0.39 is 0 Å². The van der Waals surface area contributed by atoms with Crippen molar-refractivity contribution in [3.05, 3.63) is 11.6 Å². The van der Waals surface area contributed by atoms with Gasteiger partial charge in [0.2, 0.25) is 6.08 Å². The lowest BCUT2D eigenvalue weighted by Gasteiger charge is -1.88. The van der Waals surface area contributed by atoms with E-state index in [1.54, 1.807) is 6.08 Å². The molecule has 0 saturated heterocycles. The molecule has 0 radical (unpaired) electrons. The minimum absolute atomic E-state index is 0.135. The van der Waals surface area contributed by atoms with Gasteiger partial charge in [-0.05, 0) is 18.1 Å². The molecule has 0 amide bonds. The second kappa shape index (κ2) is 3.08. The van der Waals surface area contributed by atoms with Gasteiger partial charge in [-0.15, -0.1) is 0 Å². The van der Waals surface area contributed by atoms with Crippen molar-refractivity contribution in [1.29, 1.82) is 0 Å². The summed E-state index contributed by atoms with van der Waals surface area (Å²) in [5.41, 5.74) is 0.938. The van der Waals surface area contributed by atoms with Crippen molar-refractivity contribution in [3.63, 3.8) is 0 Å². The highest BCUT2D eigenvalue weighted by atomic mass is 16.1. The van der Waals surface area contributed by atoms with Gasteiger partial charge in [0.1, 0.15) is 0 Å². The van der Waals surface area contributed by atoms with Crippen LogP contribution in [0, 0.1) is 0 Å². The first kappa shape index (κ1) is 6.90. The Bertz CT molecular complexity index is 224. The molecule has 0 N–H and O–H groups in total. The van der Waals surface area contributed by atoms with Crippen LogP contribution in [0.15, 0.2) is 16.6 Å². The standard InChI is InChI=1S/C7H7NO2/c9-5-8-4-6-1-2-7(10)3-6/h3H,1-2,4H2. The maximum Gasteiger partial charge on any atom is 0.235 e. The van der Waals surface area contributed by atoms with Crippen LogP contribution in [0.2, 0.25) is 0 Å². The van der Waals surface area contributed by atoms with Gasteiger partial charge in [0.05, 0.1) is 6.54 Å². The topological polar surface area (TPSA) is 46.5 Å². The fourth-order valence-corrected chi connectivity index (χ4v) is 0.914. The molecule has 3 nitrogen and oxygen atoms in total. The fraction of sp³-hybridized carbons (Fsp3) is 0.429. The Morgan fingerprint density at radius 1 is 1.60 bits per heavy atom.